The van der Waals surface area contributed by atoms with Gasteiger partial charge in [0, 0.05) is 15.1 Å². The molecule has 0 saturated heterocycles. The molecule has 7 heteroatoms. The van der Waals surface area contributed by atoms with Crippen molar-refractivity contribution in [3.63, 3.8) is 0 Å². The first kappa shape index (κ1) is 13.3. The summed E-state index contributed by atoms with van der Waals surface area (Å²) in [7, 11) is 0. The molecule has 3 heterocycles. The maximum Gasteiger partial charge on any atom is 0.259 e. The lowest BCUT2D eigenvalue weighted by atomic mass is 10.2. The molecule has 0 atom stereocenters. The molecule has 0 bridgehead atoms. The van der Waals surface area contributed by atoms with Gasteiger partial charge in [-0.2, -0.15) is 0 Å². The number of fused-ring (bicyclic) bond motifs is 1. The quantitative estimate of drug-likeness (QED) is 0.444. The Bertz CT molecular complexity index is 928. The van der Waals surface area contributed by atoms with E-state index in [0.29, 0.717) is 21.8 Å². The van der Waals surface area contributed by atoms with Gasteiger partial charge in [-0.15, -0.1) is 32.9 Å². The van der Waals surface area contributed by atoms with E-state index >= 15 is 0 Å². The molecule has 0 spiro atoms. The van der Waals surface area contributed by atoms with E-state index in [-0.39, 0.29) is 0 Å². The molecule has 0 aliphatic rings. The van der Waals surface area contributed by atoms with Crippen LogP contribution in [0.2, 0.25) is 10.0 Å². The van der Waals surface area contributed by atoms with Gasteiger partial charge in [0.15, 0.2) is 0 Å². The Labute approximate surface area is 137 Å². The van der Waals surface area contributed by atoms with Crippen molar-refractivity contribution in [3.8, 4) is 21.5 Å². The highest BCUT2D eigenvalue weighted by molar-refractivity contribution is 7.23. The first-order valence-electron chi connectivity index (χ1n) is 5.97. The van der Waals surface area contributed by atoms with Gasteiger partial charge in [-0.05, 0) is 23.6 Å². The monoisotopic (exact) mass is 352 g/mol. The van der Waals surface area contributed by atoms with Gasteiger partial charge in [-0.25, -0.2) is 0 Å². The molecule has 3 aromatic heterocycles. The van der Waals surface area contributed by atoms with Crippen molar-refractivity contribution < 1.29 is 4.42 Å². The molecule has 0 aliphatic carbocycles. The van der Waals surface area contributed by atoms with Crippen molar-refractivity contribution in [1.29, 1.82) is 0 Å². The topological polar surface area (TPSA) is 38.9 Å². The molecule has 104 valence electrons. The average molecular weight is 353 g/mol. The zero-order valence-electron chi connectivity index (χ0n) is 10.3. The number of nitrogens with zero attached hydrogens (tertiary/aromatic N) is 2. The Kier molecular flexibility index (Phi) is 3.23. The van der Waals surface area contributed by atoms with Gasteiger partial charge < -0.3 is 4.42 Å². The van der Waals surface area contributed by atoms with Crippen molar-refractivity contribution in [3.05, 3.63) is 45.8 Å². The maximum absolute atomic E-state index is 6.42. The second-order valence-corrected chi connectivity index (χ2v) is 7.09. The first-order valence-corrected chi connectivity index (χ1v) is 8.43. The van der Waals surface area contributed by atoms with Crippen LogP contribution in [0.3, 0.4) is 0 Å². The Morgan fingerprint density at radius 1 is 1.05 bits per heavy atom. The van der Waals surface area contributed by atoms with Gasteiger partial charge in [-0.1, -0.05) is 35.3 Å². The molecule has 0 aliphatic heterocycles. The Hall–Kier alpha value is -1.40. The Morgan fingerprint density at radius 3 is 2.71 bits per heavy atom. The van der Waals surface area contributed by atoms with Crippen LogP contribution in [-0.4, -0.2) is 10.2 Å². The van der Waals surface area contributed by atoms with Gasteiger partial charge in [0.1, 0.15) is 4.88 Å². The molecule has 4 aromatic rings. The SMILES string of the molecule is Clc1ccc2c(Cl)c(-c3nnc(-c4cccs4)o3)sc2c1. The summed E-state index contributed by atoms with van der Waals surface area (Å²) in [5.74, 6) is 0.937. The van der Waals surface area contributed by atoms with E-state index in [9.17, 15) is 0 Å². The van der Waals surface area contributed by atoms with Crippen LogP contribution < -0.4 is 0 Å². The molecule has 0 radical (unpaired) electrons. The van der Waals surface area contributed by atoms with Crippen LogP contribution in [0.1, 0.15) is 0 Å². The van der Waals surface area contributed by atoms with E-state index < -0.39 is 0 Å². The molecule has 0 amide bonds. The molecular weight excluding hydrogens is 347 g/mol. The molecule has 3 nitrogen and oxygen atoms in total. The molecule has 21 heavy (non-hydrogen) atoms. The number of aromatic nitrogens is 2. The fourth-order valence-electron chi connectivity index (χ4n) is 1.99. The van der Waals surface area contributed by atoms with Crippen LogP contribution in [0, 0.1) is 0 Å². The minimum Gasteiger partial charge on any atom is -0.414 e. The number of rotatable bonds is 2. The Balaban J connectivity index is 1.85. The summed E-state index contributed by atoms with van der Waals surface area (Å²) < 4.78 is 6.73. The van der Waals surface area contributed by atoms with Crippen molar-refractivity contribution in [2.75, 3.05) is 0 Å². The minimum absolute atomic E-state index is 0.431. The van der Waals surface area contributed by atoms with Crippen LogP contribution >= 0.6 is 45.9 Å². The van der Waals surface area contributed by atoms with Crippen LogP contribution in [0.15, 0.2) is 40.1 Å². The van der Waals surface area contributed by atoms with Gasteiger partial charge >= 0.3 is 0 Å². The van der Waals surface area contributed by atoms with E-state index in [4.69, 9.17) is 27.6 Å². The zero-order chi connectivity index (χ0) is 14.4. The van der Waals surface area contributed by atoms with Gasteiger partial charge in [0.2, 0.25) is 0 Å². The average Bonchev–Trinajstić information content (AvgIpc) is 3.17. The Morgan fingerprint density at radius 2 is 1.90 bits per heavy atom. The molecule has 4 rings (SSSR count). The normalized spacial score (nSPS) is 11.3. The van der Waals surface area contributed by atoms with Crippen molar-refractivity contribution >= 4 is 56.0 Å². The summed E-state index contributed by atoms with van der Waals surface area (Å²) in [5.41, 5.74) is 0. The third-order valence-electron chi connectivity index (χ3n) is 2.94. The third kappa shape index (κ3) is 2.26. The minimum atomic E-state index is 0.431. The predicted molar refractivity (Wildman–Crippen MR) is 88.5 cm³/mol. The van der Waals surface area contributed by atoms with Gasteiger partial charge in [0.05, 0.1) is 9.90 Å². The molecule has 1 aromatic carbocycles. The second-order valence-electron chi connectivity index (χ2n) is 4.28. The third-order valence-corrected chi connectivity index (χ3v) is 5.68. The summed E-state index contributed by atoms with van der Waals surface area (Å²) in [6.07, 6.45) is 0. The first-order chi connectivity index (χ1) is 10.2. The number of benzene rings is 1. The predicted octanol–water partition coefficient (Wildman–Crippen LogP) is 5.99. The lowest BCUT2D eigenvalue weighted by molar-refractivity contribution is 0.587. The number of halogens is 2. The van der Waals surface area contributed by atoms with Crippen molar-refractivity contribution in [1.82, 2.24) is 10.2 Å². The summed E-state index contributed by atoms with van der Waals surface area (Å²) in [6.45, 7) is 0. The van der Waals surface area contributed by atoms with Crippen LogP contribution in [-0.2, 0) is 0 Å². The highest BCUT2D eigenvalue weighted by Gasteiger charge is 2.18. The van der Waals surface area contributed by atoms with Crippen molar-refractivity contribution in [2.24, 2.45) is 0 Å². The number of hydrogen-bond acceptors (Lipinski definition) is 5. The molecule has 0 unspecified atom stereocenters. The lowest BCUT2D eigenvalue weighted by Crippen LogP contribution is -1.73. The number of hydrogen-bond donors (Lipinski definition) is 0. The zero-order valence-corrected chi connectivity index (χ0v) is 13.5. The lowest BCUT2D eigenvalue weighted by Gasteiger charge is -1.91. The second kappa shape index (κ2) is 5.10. The highest BCUT2D eigenvalue weighted by atomic mass is 35.5. The summed E-state index contributed by atoms with van der Waals surface area (Å²) in [6, 6.07) is 9.48. The molecule has 0 N–H and O–H groups in total. The number of thiophene rings is 2. The van der Waals surface area contributed by atoms with E-state index in [0.717, 1.165) is 19.8 Å². The highest BCUT2D eigenvalue weighted by Crippen LogP contribution is 2.42. The molecule has 0 fully saturated rings. The van der Waals surface area contributed by atoms with Crippen molar-refractivity contribution in [2.45, 2.75) is 0 Å². The van der Waals surface area contributed by atoms with Crippen LogP contribution in [0.25, 0.3) is 31.6 Å². The van der Waals surface area contributed by atoms with E-state index in [1.807, 2.05) is 35.7 Å². The standard InChI is InChI=1S/C14H6Cl2N2OS2/c15-7-3-4-8-10(6-7)21-12(11(8)16)14-18-17-13(19-14)9-2-1-5-20-9/h1-6H. The fourth-order valence-corrected chi connectivity index (χ4v) is 4.34. The summed E-state index contributed by atoms with van der Waals surface area (Å²) in [5, 5.41) is 12.4. The molecule has 0 saturated carbocycles. The fraction of sp³-hybridized carbons (Fsp3) is 0. The van der Waals surface area contributed by atoms with Crippen LogP contribution in [0.4, 0.5) is 0 Å². The maximum atomic E-state index is 6.42. The molecular formula is C14H6Cl2N2OS2. The smallest absolute Gasteiger partial charge is 0.259 e. The van der Waals surface area contributed by atoms with E-state index in [1.54, 1.807) is 11.3 Å². The van der Waals surface area contributed by atoms with Gasteiger partial charge in [-0.3, -0.25) is 0 Å². The van der Waals surface area contributed by atoms with Gasteiger partial charge in [0.25, 0.3) is 11.8 Å². The summed E-state index contributed by atoms with van der Waals surface area (Å²) in [4.78, 5) is 1.71. The largest absolute Gasteiger partial charge is 0.414 e. The van der Waals surface area contributed by atoms with Crippen LogP contribution in [0.5, 0.6) is 0 Å². The van der Waals surface area contributed by atoms with E-state index in [1.165, 1.54) is 11.3 Å². The van der Waals surface area contributed by atoms with E-state index in [2.05, 4.69) is 10.2 Å². The summed E-state index contributed by atoms with van der Waals surface area (Å²) >= 11 is 15.5.